The molecule has 0 saturated carbocycles. The van der Waals surface area contributed by atoms with Crippen LogP contribution < -0.4 is 9.47 Å². The lowest BCUT2D eigenvalue weighted by Crippen LogP contribution is -2.16. The Balaban J connectivity index is 2.05. The van der Waals surface area contributed by atoms with Crippen LogP contribution in [0.4, 0.5) is 0 Å². The van der Waals surface area contributed by atoms with Gasteiger partial charge in [-0.05, 0) is 39.0 Å². The number of benzene rings is 1. The second-order valence-corrected chi connectivity index (χ2v) is 6.91. The Hall–Kier alpha value is -3.06. The SMILES string of the molecule is COC[C@H](C)n1c(C)cc(C(=O)COC(=O)/C=C/c2cccc(OC)c2OC)c1C. The van der Waals surface area contributed by atoms with Crippen LogP contribution in [-0.2, 0) is 14.3 Å². The lowest BCUT2D eigenvalue weighted by molar-refractivity contribution is -0.136. The fourth-order valence-corrected chi connectivity index (χ4v) is 3.52. The maximum Gasteiger partial charge on any atom is 0.331 e. The van der Waals surface area contributed by atoms with Crippen LogP contribution in [0.5, 0.6) is 11.5 Å². The Kier molecular flexibility index (Phi) is 8.24. The number of carbonyl (C=O) groups is 2. The number of aryl methyl sites for hydroxylation is 1. The predicted molar refractivity (Wildman–Crippen MR) is 114 cm³/mol. The van der Waals surface area contributed by atoms with Crippen molar-refractivity contribution in [2.45, 2.75) is 26.8 Å². The van der Waals surface area contributed by atoms with Gasteiger partial charge in [0.15, 0.2) is 18.1 Å². The van der Waals surface area contributed by atoms with Crippen LogP contribution >= 0.6 is 0 Å². The number of para-hydroxylation sites is 1. The topological polar surface area (TPSA) is 76.0 Å². The van der Waals surface area contributed by atoms with E-state index in [1.54, 1.807) is 31.4 Å². The minimum absolute atomic E-state index is 0.0971. The molecule has 0 unspecified atom stereocenters. The highest BCUT2D eigenvalue weighted by molar-refractivity contribution is 6.00. The Morgan fingerprint density at radius 2 is 1.87 bits per heavy atom. The van der Waals surface area contributed by atoms with E-state index in [1.165, 1.54) is 20.3 Å². The van der Waals surface area contributed by atoms with E-state index in [1.807, 2.05) is 31.4 Å². The molecule has 0 aliphatic rings. The van der Waals surface area contributed by atoms with Gasteiger partial charge in [0.1, 0.15) is 0 Å². The van der Waals surface area contributed by atoms with Gasteiger partial charge < -0.3 is 23.5 Å². The lowest BCUT2D eigenvalue weighted by atomic mass is 10.1. The van der Waals surface area contributed by atoms with E-state index < -0.39 is 5.97 Å². The lowest BCUT2D eigenvalue weighted by Gasteiger charge is -2.17. The normalized spacial score (nSPS) is 12.1. The Morgan fingerprint density at radius 1 is 1.13 bits per heavy atom. The molecular formula is C23H29NO6. The summed E-state index contributed by atoms with van der Waals surface area (Å²) in [5, 5.41) is 0. The second kappa shape index (κ2) is 10.6. The Labute approximate surface area is 177 Å². The number of aromatic nitrogens is 1. The first kappa shape index (κ1) is 23.2. The number of hydrogen-bond acceptors (Lipinski definition) is 6. The molecule has 0 radical (unpaired) electrons. The van der Waals surface area contributed by atoms with Gasteiger partial charge in [-0.25, -0.2) is 4.79 Å². The van der Waals surface area contributed by atoms with Gasteiger partial charge in [0.2, 0.25) is 5.78 Å². The molecule has 30 heavy (non-hydrogen) atoms. The molecule has 0 fully saturated rings. The number of ketones is 1. The van der Waals surface area contributed by atoms with Gasteiger partial charge >= 0.3 is 5.97 Å². The van der Waals surface area contributed by atoms with Crippen LogP contribution in [0.2, 0.25) is 0 Å². The van der Waals surface area contributed by atoms with Crippen LogP contribution in [0.15, 0.2) is 30.3 Å². The number of esters is 1. The largest absolute Gasteiger partial charge is 0.493 e. The molecule has 0 aliphatic carbocycles. The first-order valence-corrected chi connectivity index (χ1v) is 9.60. The Morgan fingerprint density at radius 3 is 2.50 bits per heavy atom. The molecule has 0 amide bonds. The number of rotatable bonds is 10. The molecule has 1 atom stereocenters. The van der Waals surface area contributed by atoms with Crippen LogP contribution in [0, 0.1) is 13.8 Å². The van der Waals surface area contributed by atoms with Gasteiger partial charge in [-0.3, -0.25) is 4.79 Å². The van der Waals surface area contributed by atoms with Crippen LogP contribution in [0.25, 0.3) is 6.08 Å². The van der Waals surface area contributed by atoms with Gasteiger partial charge in [0.05, 0.1) is 26.9 Å². The first-order chi connectivity index (χ1) is 14.3. The zero-order chi connectivity index (χ0) is 22.3. The molecule has 0 bridgehead atoms. The van der Waals surface area contributed by atoms with Gasteiger partial charge in [0, 0.05) is 35.7 Å². The molecular weight excluding hydrogens is 386 g/mol. The minimum atomic E-state index is -0.616. The molecule has 1 aromatic carbocycles. The highest BCUT2D eigenvalue weighted by atomic mass is 16.5. The van der Waals surface area contributed by atoms with Crippen molar-refractivity contribution in [1.29, 1.82) is 0 Å². The van der Waals surface area contributed by atoms with Crippen LogP contribution in [0.3, 0.4) is 0 Å². The van der Waals surface area contributed by atoms with Gasteiger partial charge in [-0.15, -0.1) is 0 Å². The third-order valence-electron chi connectivity index (χ3n) is 4.81. The fraction of sp³-hybridized carbons (Fsp3) is 0.391. The standard InChI is InChI=1S/C23H29NO6/c1-15-12-19(17(3)24(15)16(2)13-27-4)20(25)14-30-22(26)11-10-18-8-7-9-21(28-5)23(18)29-6/h7-12,16H,13-14H2,1-6H3/b11-10+/t16-/m0/s1. The molecule has 2 rings (SSSR count). The summed E-state index contributed by atoms with van der Waals surface area (Å²) in [7, 11) is 4.71. The highest BCUT2D eigenvalue weighted by Crippen LogP contribution is 2.31. The summed E-state index contributed by atoms with van der Waals surface area (Å²) >= 11 is 0. The van der Waals surface area contributed by atoms with Gasteiger partial charge in [-0.1, -0.05) is 12.1 Å². The zero-order valence-electron chi connectivity index (χ0n) is 18.4. The molecule has 2 aromatic rings. The van der Waals surface area contributed by atoms with E-state index in [-0.39, 0.29) is 18.4 Å². The van der Waals surface area contributed by atoms with Crippen molar-refractivity contribution in [2.24, 2.45) is 0 Å². The minimum Gasteiger partial charge on any atom is -0.493 e. The molecule has 0 saturated heterocycles. The van der Waals surface area contributed by atoms with Crippen molar-refractivity contribution < 1.29 is 28.5 Å². The van der Waals surface area contributed by atoms with Crippen LogP contribution in [0.1, 0.15) is 40.3 Å². The van der Waals surface area contributed by atoms with Crippen molar-refractivity contribution in [2.75, 3.05) is 34.5 Å². The molecule has 0 N–H and O–H groups in total. The van der Waals surface area contributed by atoms with Crippen molar-refractivity contribution in [3.05, 3.63) is 52.9 Å². The third-order valence-corrected chi connectivity index (χ3v) is 4.81. The molecule has 0 spiro atoms. The average molecular weight is 415 g/mol. The number of ether oxygens (including phenoxy) is 4. The van der Waals surface area contributed by atoms with E-state index in [0.717, 1.165) is 11.4 Å². The summed E-state index contributed by atoms with van der Waals surface area (Å²) in [6, 6.07) is 7.24. The summed E-state index contributed by atoms with van der Waals surface area (Å²) < 4.78 is 23.0. The number of nitrogens with zero attached hydrogens (tertiary/aromatic N) is 1. The molecule has 7 heteroatoms. The average Bonchev–Trinajstić information content (AvgIpc) is 3.04. The summed E-state index contributed by atoms with van der Waals surface area (Å²) in [6.45, 7) is 6.05. The van der Waals surface area contributed by atoms with Gasteiger partial charge in [0.25, 0.3) is 0 Å². The van der Waals surface area contributed by atoms with E-state index in [4.69, 9.17) is 18.9 Å². The summed E-state index contributed by atoms with van der Waals surface area (Å²) in [4.78, 5) is 24.7. The molecule has 1 heterocycles. The maximum absolute atomic E-state index is 12.6. The van der Waals surface area contributed by atoms with E-state index in [2.05, 4.69) is 0 Å². The highest BCUT2D eigenvalue weighted by Gasteiger charge is 2.19. The molecule has 0 aliphatic heterocycles. The number of Topliss-reactive ketones (excluding diaryl/α,β-unsaturated/α-hetero) is 1. The predicted octanol–water partition coefficient (Wildman–Crippen LogP) is 3.77. The summed E-state index contributed by atoms with van der Waals surface area (Å²) in [6.07, 6.45) is 2.82. The fourth-order valence-electron chi connectivity index (χ4n) is 3.52. The number of methoxy groups -OCH3 is 3. The number of hydrogen-bond donors (Lipinski definition) is 0. The van der Waals surface area contributed by atoms with E-state index in [0.29, 0.717) is 29.2 Å². The third kappa shape index (κ3) is 5.30. The summed E-state index contributed by atoms with van der Waals surface area (Å²) in [5.41, 5.74) is 2.99. The smallest absolute Gasteiger partial charge is 0.331 e. The van der Waals surface area contributed by atoms with Crippen LogP contribution in [-0.4, -0.2) is 50.9 Å². The Bertz CT molecular complexity index is 928. The van der Waals surface area contributed by atoms with Crippen molar-refractivity contribution in [3.63, 3.8) is 0 Å². The maximum atomic E-state index is 12.6. The second-order valence-electron chi connectivity index (χ2n) is 6.91. The van der Waals surface area contributed by atoms with E-state index >= 15 is 0 Å². The first-order valence-electron chi connectivity index (χ1n) is 9.60. The van der Waals surface area contributed by atoms with Crippen molar-refractivity contribution in [3.8, 4) is 11.5 Å². The van der Waals surface area contributed by atoms with E-state index in [9.17, 15) is 9.59 Å². The zero-order valence-corrected chi connectivity index (χ0v) is 18.4. The molecule has 1 aromatic heterocycles. The molecule has 162 valence electrons. The summed E-state index contributed by atoms with van der Waals surface area (Å²) in [5.74, 6) is 0.202. The monoisotopic (exact) mass is 415 g/mol. The van der Waals surface area contributed by atoms with Crippen molar-refractivity contribution >= 4 is 17.8 Å². The molecule has 7 nitrogen and oxygen atoms in total. The quantitative estimate of drug-likeness (QED) is 0.334. The van der Waals surface area contributed by atoms with Gasteiger partial charge in [-0.2, -0.15) is 0 Å². The number of carbonyl (C=O) groups excluding carboxylic acids is 2. The van der Waals surface area contributed by atoms with Crippen molar-refractivity contribution in [1.82, 2.24) is 4.57 Å².